The van der Waals surface area contributed by atoms with Crippen LogP contribution in [0.2, 0.25) is 0 Å². The molecule has 1 N–H and O–H groups in total. The van der Waals surface area contributed by atoms with Gasteiger partial charge in [-0.05, 0) is 56.3 Å². The van der Waals surface area contributed by atoms with Gasteiger partial charge in [-0.15, -0.1) is 0 Å². The summed E-state index contributed by atoms with van der Waals surface area (Å²) < 4.78 is 0. The van der Waals surface area contributed by atoms with E-state index in [9.17, 15) is 5.11 Å². The molecule has 0 aromatic carbocycles. The first kappa shape index (κ1) is 22.3. The van der Waals surface area contributed by atoms with E-state index in [1.165, 1.54) is 116 Å². The summed E-state index contributed by atoms with van der Waals surface area (Å²) in [5.41, 5.74) is -0.259. The van der Waals surface area contributed by atoms with E-state index in [0.29, 0.717) is 11.8 Å². The second-order valence-corrected chi connectivity index (χ2v) is 9.86. The predicted molar refractivity (Wildman–Crippen MR) is 114 cm³/mol. The fourth-order valence-electron chi connectivity index (χ4n) is 4.86. The van der Waals surface area contributed by atoms with Crippen LogP contribution >= 0.6 is 0 Å². The third-order valence-electron chi connectivity index (χ3n) is 7.16. The summed E-state index contributed by atoms with van der Waals surface area (Å²) in [6.45, 7) is 4.71. The first-order valence-corrected chi connectivity index (χ1v) is 12.4. The molecule has 0 amide bonds. The molecular formula is C25H48O. The first-order valence-electron chi connectivity index (χ1n) is 12.4. The SMILES string of the molecule is CCCCCCCCCCCCCCC(C)CCC(O)(C1CC1)C1CC1. The van der Waals surface area contributed by atoms with Crippen molar-refractivity contribution in [2.24, 2.45) is 17.8 Å². The van der Waals surface area contributed by atoms with E-state index in [1.807, 2.05) is 0 Å². The molecule has 2 saturated carbocycles. The molecule has 0 radical (unpaired) electrons. The second-order valence-electron chi connectivity index (χ2n) is 9.86. The van der Waals surface area contributed by atoms with Gasteiger partial charge >= 0.3 is 0 Å². The third-order valence-corrected chi connectivity index (χ3v) is 7.16. The molecular weight excluding hydrogens is 316 g/mol. The lowest BCUT2D eigenvalue weighted by molar-refractivity contribution is -0.0180. The Morgan fingerprint density at radius 1 is 0.692 bits per heavy atom. The summed E-state index contributed by atoms with van der Waals surface area (Å²) >= 11 is 0. The van der Waals surface area contributed by atoms with Crippen molar-refractivity contribution >= 4 is 0 Å². The molecule has 0 bridgehead atoms. The van der Waals surface area contributed by atoms with Gasteiger partial charge in [0.15, 0.2) is 0 Å². The maximum absolute atomic E-state index is 11.0. The van der Waals surface area contributed by atoms with Crippen molar-refractivity contribution in [3.05, 3.63) is 0 Å². The van der Waals surface area contributed by atoms with Crippen LogP contribution in [0.25, 0.3) is 0 Å². The summed E-state index contributed by atoms with van der Waals surface area (Å²) in [6.07, 6.45) is 26.2. The summed E-state index contributed by atoms with van der Waals surface area (Å²) in [7, 11) is 0. The Morgan fingerprint density at radius 2 is 1.12 bits per heavy atom. The van der Waals surface area contributed by atoms with Crippen LogP contribution in [0.5, 0.6) is 0 Å². The van der Waals surface area contributed by atoms with Crippen molar-refractivity contribution in [2.75, 3.05) is 0 Å². The number of unbranched alkanes of at least 4 members (excludes halogenated alkanes) is 11. The van der Waals surface area contributed by atoms with Gasteiger partial charge in [0.1, 0.15) is 0 Å². The van der Waals surface area contributed by atoms with Crippen LogP contribution in [-0.2, 0) is 0 Å². The molecule has 2 aliphatic rings. The van der Waals surface area contributed by atoms with Gasteiger partial charge in [0.05, 0.1) is 5.60 Å². The number of hydrogen-bond donors (Lipinski definition) is 1. The quantitative estimate of drug-likeness (QED) is 0.244. The molecule has 1 heteroatoms. The summed E-state index contributed by atoms with van der Waals surface area (Å²) in [6, 6.07) is 0. The van der Waals surface area contributed by atoms with Gasteiger partial charge < -0.3 is 5.11 Å². The highest BCUT2D eigenvalue weighted by Gasteiger charge is 2.52. The Morgan fingerprint density at radius 3 is 1.54 bits per heavy atom. The zero-order valence-electron chi connectivity index (χ0n) is 18.1. The molecule has 1 atom stereocenters. The normalized spacial score (nSPS) is 19.0. The van der Waals surface area contributed by atoms with Gasteiger partial charge in [-0.1, -0.05) is 97.3 Å². The van der Waals surface area contributed by atoms with E-state index in [2.05, 4.69) is 13.8 Å². The largest absolute Gasteiger partial charge is 0.389 e. The minimum Gasteiger partial charge on any atom is -0.389 e. The van der Waals surface area contributed by atoms with Crippen molar-refractivity contribution in [3.63, 3.8) is 0 Å². The summed E-state index contributed by atoms with van der Waals surface area (Å²) in [5, 5.41) is 11.0. The van der Waals surface area contributed by atoms with Gasteiger partial charge in [0, 0.05) is 0 Å². The van der Waals surface area contributed by atoms with Crippen LogP contribution in [0.3, 0.4) is 0 Å². The van der Waals surface area contributed by atoms with E-state index >= 15 is 0 Å². The Bertz CT molecular complexity index is 330. The molecule has 0 aliphatic heterocycles. The molecule has 0 aromatic heterocycles. The molecule has 154 valence electrons. The average molecular weight is 365 g/mol. The zero-order valence-corrected chi connectivity index (χ0v) is 18.1. The minimum atomic E-state index is -0.259. The molecule has 0 saturated heterocycles. The Labute approximate surface area is 164 Å². The van der Waals surface area contributed by atoms with Crippen LogP contribution in [0, 0.1) is 17.8 Å². The van der Waals surface area contributed by atoms with E-state index in [4.69, 9.17) is 0 Å². The summed E-state index contributed by atoms with van der Waals surface area (Å²) in [4.78, 5) is 0. The maximum atomic E-state index is 11.0. The summed E-state index contributed by atoms with van der Waals surface area (Å²) in [5.74, 6) is 2.13. The fraction of sp³-hybridized carbons (Fsp3) is 1.00. The zero-order chi connectivity index (χ0) is 18.7. The lowest BCUT2D eigenvalue weighted by atomic mass is 9.83. The first-order chi connectivity index (χ1) is 12.7. The predicted octanol–water partition coefficient (Wildman–Crippen LogP) is 8.05. The van der Waals surface area contributed by atoms with E-state index < -0.39 is 0 Å². The van der Waals surface area contributed by atoms with Gasteiger partial charge in [-0.2, -0.15) is 0 Å². The van der Waals surface area contributed by atoms with E-state index in [1.54, 1.807) is 0 Å². The molecule has 0 heterocycles. The van der Waals surface area contributed by atoms with Gasteiger partial charge in [-0.3, -0.25) is 0 Å². The topological polar surface area (TPSA) is 20.2 Å². The molecule has 2 fully saturated rings. The average Bonchev–Trinajstić information content (AvgIpc) is 3.50. The highest BCUT2D eigenvalue weighted by Crippen LogP contribution is 2.54. The fourth-order valence-corrected chi connectivity index (χ4v) is 4.86. The molecule has 1 nitrogen and oxygen atoms in total. The monoisotopic (exact) mass is 364 g/mol. The Balaban J connectivity index is 1.36. The smallest absolute Gasteiger partial charge is 0.0703 e. The van der Waals surface area contributed by atoms with Gasteiger partial charge in [-0.25, -0.2) is 0 Å². The molecule has 0 aromatic rings. The van der Waals surface area contributed by atoms with Crippen LogP contribution in [0.1, 0.15) is 136 Å². The van der Waals surface area contributed by atoms with Crippen LogP contribution < -0.4 is 0 Å². The van der Waals surface area contributed by atoms with Crippen molar-refractivity contribution in [3.8, 4) is 0 Å². The van der Waals surface area contributed by atoms with Crippen molar-refractivity contribution in [1.82, 2.24) is 0 Å². The number of hydrogen-bond acceptors (Lipinski definition) is 1. The van der Waals surface area contributed by atoms with Crippen LogP contribution in [-0.4, -0.2) is 10.7 Å². The molecule has 26 heavy (non-hydrogen) atoms. The standard InChI is InChI=1S/C25H48O/c1-3-4-5-6-7-8-9-10-11-12-13-14-15-22(2)20-21-25(26,23-16-17-23)24-18-19-24/h22-24,26H,3-21H2,1-2H3. The highest BCUT2D eigenvalue weighted by atomic mass is 16.3. The number of rotatable bonds is 18. The van der Waals surface area contributed by atoms with Gasteiger partial charge in [0.25, 0.3) is 0 Å². The van der Waals surface area contributed by atoms with E-state index in [-0.39, 0.29) is 5.60 Å². The van der Waals surface area contributed by atoms with Crippen LogP contribution in [0.15, 0.2) is 0 Å². The van der Waals surface area contributed by atoms with Gasteiger partial charge in [0.2, 0.25) is 0 Å². The second kappa shape index (κ2) is 12.4. The highest BCUT2D eigenvalue weighted by molar-refractivity contribution is 5.03. The van der Waals surface area contributed by atoms with Crippen molar-refractivity contribution in [1.29, 1.82) is 0 Å². The minimum absolute atomic E-state index is 0.259. The lowest BCUT2D eigenvalue weighted by Crippen LogP contribution is -2.34. The molecule has 2 rings (SSSR count). The number of aliphatic hydroxyl groups is 1. The maximum Gasteiger partial charge on any atom is 0.0703 e. The Hall–Kier alpha value is -0.0400. The Kier molecular flexibility index (Phi) is 10.6. The molecule has 2 aliphatic carbocycles. The molecule has 0 spiro atoms. The third kappa shape index (κ3) is 8.77. The van der Waals surface area contributed by atoms with Crippen molar-refractivity contribution in [2.45, 2.75) is 141 Å². The molecule has 1 unspecified atom stereocenters. The lowest BCUT2D eigenvalue weighted by Gasteiger charge is -2.29. The van der Waals surface area contributed by atoms with E-state index in [0.717, 1.165) is 12.3 Å². The van der Waals surface area contributed by atoms with Crippen molar-refractivity contribution < 1.29 is 5.11 Å². The van der Waals surface area contributed by atoms with Crippen LogP contribution in [0.4, 0.5) is 0 Å².